The Morgan fingerprint density at radius 3 is 2.72 bits per heavy atom. The van der Waals surface area contributed by atoms with Crippen molar-refractivity contribution in [3.05, 3.63) is 48.5 Å². The van der Waals surface area contributed by atoms with Gasteiger partial charge < -0.3 is 15.6 Å². The van der Waals surface area contributed by atoms with Gasteiger partial charge in [-0.3, -0.25) is 9.78 Å². The number of hydrogen-bond acceptors (Lipinski definition) is 8. The van der Waals surface area contributed by atoms with Crippen LogP contribution in [-0.2, 0) is 0 Å². The monoisotopic (exact) mass is 339 g/mol. The Hall–Kier alpha value is -3.36. The average molecular weight is 339 g/mol. The zero-order chi connectivity index (χ0) is 17.8. The highest BCUT2D eigenvalue weighted by atomic mass is 16.5. The van der Waals surface area contributed by atoms with E-state index < -0.39 is 11.9 Å². The van der Waals surface area contributed by atoms with Crippen molar-refractivity contribution in [2.24, 2.45) is 5.92 Å². The van der Waals surface area contributed by atoms with Crippen LogP contribution in [0.25, 0.3) is 11.4 Å². The first-order chi connectivity index (χ1) is 12.1. The highest BCUT2D eigenvalue weighted by Gasteiger charge is 2.26. The molecule has 1 atom stereocenters. The number of nitrogens with zero attached hydrogens (tertiary/aromatic N) is 5. The molecule has 0 fully saturated rings. The number of nitrogens with one attached hydrogen (secondary N) is 1. The molecule has 3 N–H and O–H groups in total. The third-order valence-corrected chi connectivity index (χ3v) is 3.52. The fourth-order valence-corrected chi connectivity index (χ4v) is 2.22. The minimum atomic E-state index is -0.494. The lowest BCUT2D eigenvalue weighted by Crippen LogP contribution is -2.33. The predicted octanol–water partition coefficient (Wildman–Crippen LogP) is 1.63. The van der Waals surface area contributed by atoms with E-state index in [0.717, 1.165) is 5.56 Å². The summed E-state index contributed by atoms with van der Waals surface area (Å²) in [4.78, 5) is 28.7. The number of amides is 1. The first-order valence-corrected chi connectivity index (χ1v) is 7.67. The Bertz CT molecular complexity index is 864. The molecule has 0 spiro atoms. The van der Waals surface area contributed by atoms with E-state index in [1.54, 1.807) is 18.5 Å². The summed E-state index contributed by atoms with van der Waals surface area (Å²) in [6.07, 6.45) is 6.12. The summed E-state index contributed by atoms with van der Waals surface area (Å²) >= 11 is 0. The van der Waals surface area contributed by atoms with Gasteiger partial charge in [-0.05, 0) is 18.1 Å². The lowest BCUT2D eigenvalue weighted by atomic mass is 10.0. The Morgan fingerprint density at radius 2 is 2.04 bits per heavy atom. The summed E-state index contributed by atoms with van der Waals surface area (Å²) < 4.78 is 5.34. The standard InChI is InChI=1S/C16H17N7O2/c1-9(2)11(21-15(24)12-13(17)20-7-6-19-12)16-22-14(23-25-16)10-4-3-5-18-8-10/h3-9,11H,1-2H3,(H2,17,20)(H,21,24). The largest absolute Gasteiger partial charge is 0.382 e. The third-order valence-electron chi connectivity index (χ3n) is 3.52. The molecule has 0 bridgehead atoms. The maximum absolute atomic E-state index is 12.4. The van der Waals surface area contributed by atoms with Crippen LogP contribution in [0.1, 0.15) is 36.3 Å². The molecule has 0 saturated heterocycles. The molecule has 0 aromatic carbocycles. The van der Waals surface area contributed by atoms with Gasteiger partial charge in [0.2, 0.25) is 11.7 Å². The molecule has 0 radical (unpaired) electrons. The zero-order valence-corrected chi connectivity index (χ0v) is 13.7. The minimum absolute atomic E-state index is 0.00374. The average Bonchev–Trinajstić information content (AvgIpc) is 3.10. The number of nitrogen functional groups attached to an aromatic ring is 1. The van der Waals surface area contributed by atoms with Crippen molar-refractivity contribution >= 4 is 11.7 Å². The van der Waals surface area contributed by atoms with E-state index in [-0.39, 0.29) is 17.4 Å². The number of carbonyl (C=O) groups excluding carboxylic acids is 1. The molecule has 9 nitrogen and oxygen atoms in total. The van der Waals surface area contributed by atoms with Crippen LogP contribution in [0.5, 0.6) is 0 Å². The van der Waals surface area contributed by atoms with Crippen LogP contribution >= 0.6 is 0 Å². The van der Waals surface area contributed by atoms with Gasteiger partial charge in [0.15, 0.2) is 11.5 Å². The topological polar surface area (TPSA) is 133 Å². The molecule has 0 aliphatic carbocycles. The quantitative estimate of drug-likeness (QED) is 0.716. The predicted molar refractivity (Wildman–Crippen MR) is 89.0 cm³/mol. The second kappa shape index (κ2) is 7.04. The van der Waals surface area contributed by atoms with Crippen molar-refractivity contribution in [1.29, 1.82) is 0 Å². The molecule has 0 aliphatic rings. The fourth-order valence-electron chi connectivity index (χ4n) is 2.22. The van der Waals surface area contributed by atoms with Crippen LogP contribution < -0.4 is 11.1 Å². The maximum Gasteiger partial charge on any atom is 0.274 e. The molecule has 0 saturated carbocycles. The van der Waals surface area contributed by atoms with E-state index in [2.05, 4.69) is 30.4 Å². The van der Waals surface area contributed by atoms with Crippen LogP contribution in [0, 0.1) is 5.92 Å². The van der Waals surface area contributed by atoms with Crippen LogP contribution in [0.2, 0.25) is 0 Å². The molecule has 9 heteroatoms. The van der Waals surface area contributed by atoms with E-state index in [0.29, 0.717) is 11.7 Å². The van der Waals surface area contributed by atoms with E-state index in [1.807, 2.05) is 19.9 Å². The number of aromatic nitrogens is 5. The molecule has 3 aromatic heterocycles. The first kappa shape index (κ1) is 16.5. The van der Waals surface area contributed by atoms with E-state index in [1.165, 1.54) is 12.4 Å². The Kier molecular flexibility index (Phi) is 4.64. The highest BCUT2D eigenvalue weighted by molar-refractivity contribution is 5.96. The van der Waals surface area contributed by atoms with Crippen LogP contribution in [0.4, 0.5) is 5.82 Å². The van der Waals surface area contributed by atoms with Crippen molar-refractivity contribution in [2.75, 3.05) is 5.73 Å². The second-order valence-corrected chi connectivity index (χ2v) is 5.68. The summed E-state index contributed by atoms with van der Waals surface area (Å²) in [6.45, 7) is 3.86. The molecular weight excluding hydrogens is 322 g/mol. The Labute approximate surface area is 143 Å². The molecule has 1 amide bonds. The number of rotatable bonds is 5. The van der Waals surface area contributed by atoms with Crippen molar-refractivity contribution in [3.63, 3.8) is 0 Å². The van der Waals surface area contributed by atoms with Gasteiger partial charge in [0.1, 0.15) is 6.04 Å². The van der Waals surface area contributed by atoms with Gasteiger partial charge in [-0.2, -0.15) is 4.98 Å². The lowest BCUT2D eigenvalue weighted by molar-refractivity contribution is 0.0909. The van der Waals surface area contributed by atoms with Crippen LogP contribution in [-0.4, -0.2) is 31.0 Å². The van der Waals surface area contributed by atoms with Gasteiger partial charge in [-0.15, -0.1) is 0 Å². The normalized spacial score (nSPS) is 12.1. The molecule has 1 unspecified atom stereocenters. The van der Waals surface area contributed by atoms with Crippen molar-refractivity contribution in [1.82, 2.24) is 30.4 Å². The molecule has 25 heavy (non-hydrogen) atoms. The second-order valence-electron chi connectivity index (χ2n) is 5.68. The summed E-state index contributed by atoms with van der Waals surface area (Å²) in [7, 11) is 0. The van der Waals surface area contributed by atoms with Crippen LogP contribution in [0.15, 0.2) is 41.4 Å². The number of pyridine rings is 1. The summed E-state index contributed by atoms with van der Waals surface area (Å²) in [5.41, 5.74) is 6.48. The van der Waals surface area contributed by atoms with E-state index in [4.69, 9.17) is 10.3 Å². The van der Waals surface area contributed by atoms with Crippen molar-refractivity contribution < 1.29 is 9.32 Å². The van der Waals surface area contributed by atoms with Gasteiger partial charge in [-0.1, -0.05) is 19.0 Å². The van der Waals surface area contributed by atoms with E-state index in [9.17, 15) is 4.79 Å². The van der Waals surface area contributed by atoms with Gasteiger partial charge >= 0.3 is 0 Å². The Morgan fingerprint density at radius 1 is 1.24 bits per heavy atom. The molecule has 3 heterocycles. The lowest BCUT2D eigenvalue weighted by Gasteiger charge is -2.18. The minimum Gasteiger partial charge on any atom is -0.382 e. The molecule has 0 aliphatic heterocycles. The number of nitrogens with two attached hydrogens (primary N) is 1. The third kappa shape index (κ3) is 3.60. The number of carbonyl (C=O) groups is 1. The number of hydrogen-bond donors (Lipinski definition) is 2. The summed E-state index contributed by atoms with van der Waals surface area (Å²) in [5.74, 6) is 0.310. The van der Waals surface area contributed by atoms with Crippen molar-refractivity contribution in [2.45, 2.75) is 19.9 Å². The molecule has 128 valence electrons. The number of anilines is 1. The SMILES string of the molecule is CC(C)C(NC(=O)c1nccnc1N)c1nc(-c2cccnc2)no1. The molecule has 3 aromatic rings. The van der Waals surface area contributed by atoms with Gasteiger partial charge in [0, 0.05) is 30.4 Å². The first-order valence-electron chi connectivity index (χ1n) is 7.67. The highest BCUT2D eigenvalue weighted by Crippen LogP contribution is 2.23. The van der Waals surface area contributed by atoms with Gasteiger partial charge in [0.05, 0.1) is 0 Å². The van der Waals surface area contributed by atoms with Gasteiger partial charge in [0.25, 0.3) is 5.91 Å². The van der Waals surface area contributed by atoms with Crippen LogP contribution in [0.3, 0.4) is 0 Å². The fraction of sp³-hybridized carbons (Fsp3) is 0.250. The molecular formula is C16H17N7O2. The summed E-state index contributed by atoms with van der Waals surface area (Å²) in [6, 6.07) is 3.11. The Balaban J connectivity index is 1.84. The smallest absolute Gasteiger partial charge is 0.274 e. The zero-order valence-electron chi connectivity index (χ0n) is 13.7. The van der Waals surface area contributed by atoms with Gasteiger partial charge in [-0.25, -0.2) is 9.97 Å². The maximum atomic E-state index is 12.4. The summed E-state index contributed by atoms with van der Waals surface area (Å²) in [5, 5.41) is 6.78. The molecule has 3 rings (SSSR count). The van der Waals surface area contributed by atoms with E-state index >= 15 is 0 Å². The van der Waals surface area contributed by atoms with Crippen molar-refractivity contribution in [3.8, 4) is 11.4 Å².